The van der Waals surface area contributed by atoms with Crippen molar-refractivity contribution < 1.29 is 14.7 Å². The minimum atomic E-state index is -0.811. The Morgan fingerprint density at radius 2 is 2.00 bits per heavy atom. The van der Waals surface area contributed by atoms with Crippen LogP contribution in [0.3, 0.4) is 0 Å². The van der Waals surface area contributed by atoms with Gasteiger partial charge in [-0.05, 0) is 43.5 Å². The predicted octanol–water partition coefficient (Wildman–Crippen LogP) is 1.77. The number of rotatable bonds is 8. The number of aromatic nitrogens is 1. The van der Waals surface area contributed by atoms with E-state index in [4.69, 9.17) is 5.11 Å². The number of likely N-dealkylation sites (N-methyl/N-ethyl adjacent to an activating group) is 1. The van der Waals surface area contributed by atoms with Crippen molar-refractivity contribution in [2.75, 3.05) is 13.1 Å². The molecule has 1 aliphatic rings. The summed E-state index contributed by atoms with van der Waals surface area (Å²) in [5, 5.41) is 14.9. The van der Waals surface area contributed by atoms with Crippen molar-refractivity contribution in [1.29, 1.82) is 0 Å². The minimum absolute atomic E-state index is 0.0389. The molecule has 1 unspecified atom stereocenters. The molecule has 24 heavy (non-hydrogen) atoms. The Labute approximate surface area is 142 Å². The topological polar surface area (TPSA) is 94.6 Å². The van der Waals surface area contributed by atoms with Crippen LogP contribution >= 0.6 is 0 Å². The van der Waals surface area contributed by atoms with Gasteiger partial charge in [-0.2, -0.15) is 0 Å². The summed E-state index contributed by atoms with van der Waals surface area (Å²) in [7, 11) is 0. The second kappa shape index (κ2) is 8.63. The zero-order valence-electron chi connectivity index (χ0n) is 14.2. The van der Waals surface area contributed by atoms with Crippen molar-refractivity contribution in [2.45, 2.75) is 51.2 Å². The maximum atomic E-state index is 12.2. The second-order valence-corrected chi connectivity index (χ2v) is 6.14. The van der Waals surface area contributed by atoms with E-state index in [-0.39, 0.29) is 30.7 Å². The van der Waals surface area contributed by atoms with Gasteiger partial charge in [0.25, 0.3) is 0 Å². The fourth-order valence-corrected chi connectivity index (χ4v) is 3.08. The largest absolute Gasteiger partial charge is 0.480 e. The first-order chi connectivity index (χ1) is 11.5. The Morgan fingerprint density at radius 1 is 1.33 bits per heavy atom. The van der Waals surface area contributed by atoms with Crippen LogP contribution in [0.15, 0.2) is 24.5 Å². The van der Waals surface area contributed by atoms with Crippen molar-refractivity contribution in [3.8, 4) is 0 Å². The lowest BCUT2D eigenvalue weighted by atomic mass is 9.85. The van der Waals surface area contributed by atoms with Crippen LogP contribution in [0.2, 0.25) is 0 Å². The fraction of sp³-hybridized carbons (Fsp3) is 0.588. The number of carboxylic acid groups (broad SMARTS) is 1. The smallest absolute Gasteiger partial charge is 0.317 e. The fourth-order valence-electron chi connectivity index (χ4n) is 3.08. The maximum absolute atomic E-state index is 12.2. The van der Waals surface area contributed by atoms with Gasteiger partial charge < -0.3 is 15.7 Å². The molecular weight excluding hydrogens is 308 g/mol. The van der Waals surface area contributed by atoms with Crippen LogP contribution in [0.5, 0.6) is 0 Å². The van der Waals surface area contributed by atoms with Gasteiger partial charge >= 0.3 is 12.0 Å². The quantitative estimate of drug-likeness (QED) is 0.673. The van der Waals surface area contributed by atoms with Crippen molar-refractivity contribution in [3.63, 3.8) is 0 Å². The van der Waals surface area contributed by atoms with Gasteiger partial charge in [-0.3, -0.25) is 14.7 Å². The molecule has 1 aromatic rings. The SMILES string of the molecule is CCC(NC(=O)NC1CC(N(CC)CC(=O)O)C1)c1ccncc1. The Kier molecular flexibility index (Phi) is 6.54. The average Bonchev–Trinajstić information content (AvgIpc) is 2.54. The molecule has 2 rings (SSSR count). The molecule has 1 heterocycles. The number of carboxylic acids is 1. The van der Waals surface area contributed by atoms with Crippen molar-refractivity contribution in [2.24, 2.45) is 0 Å². The third-order valence-corrected chi connectivity index (χ3v) is 4.53. The highest BCUT2D eigenvalue weighted by Crippen LogP contribution is 2.25. The number of carbonyl (C=O) groups excluding carboxylic acids is 1. The third-order valence-electron chi connectivity index (χ3n) is 4.53. The minimum Gasteiger partial charge on any atom is -0.480 e. The molecule has 0 radical (unpaired) electrons. The molecule has 7 nitrogen and oxygen atoms in total. The highest BCUT2D eigenvalue weighted by atomic mass is 16.4. The van der Waals surface area contributed by atoms with Crippen molar-refractivity contribution in [1.82, 2.24) is 20.5 Å². The van der Waals surface area contributed by atoms with E-state index >= 15 is 0 Å². The Balaban J connectivity index is 1.77. The van der Waals surface area contributed by atoms with Crippen LogP contribution in [0.25, 0.3) is 0 Å². The summed E-state index contributed by atoms with van der Waals surface area (Å²) in [5.74, 6) is -0.811. The summed E-state index contributed by atoms with van der Waals surface area (Å²) in [4.78, 5) is 28.9. The number of nitrogens with zero attached hydrogens (tertiary/aromatic N) is 2. The van der Waals surface area contributed by atoms with Crippen LogP contribution < -0.4 is 10.6 Å². The molecule has 0 aromatic carbocycles. The zero-order chi connectivity index (χ0) is 17.5. The molecule has 7 heteroatoms. The number of carbonyl (C=O) groups is 2. The first-order valence-corrected chi connectivity index (χ1v) is 8.46. The molecule has 0 spiro atoms. The number of hydrogen-bond donors (Lipinski definition) is 3. The van der Waals surface area contributed by atoms with E-state index in [0.29, 0.717) is 6.54 Å². The number of nitrogens with one attached hydrogen (secondary N) is 2. The Morgan fingerprint density at radius 3 is 2.54 bits per heavy atom. The van der Waals surface area contributed by atoms with Gasteiger partial charge in [-0.1, -0.05) is 13.8 Å². The van der Waals surface area contributed by atoms with Crippen LogP contribution in [0.1, 0.15) is 44.7 Å². The lowest BCUT2D eigenvalue weighted by Crippen LogP contribution is -2.56. The standard InChI is InChI=1S/C17H26N4O3/c1-3-15(12-5-7-18-8-6-12)20-17(24)19-13-9-14(10-13)21(4-2)11-16(22)23/h5-8,13-15H,3-4,9-11H2,1-2H3,(H,22,23)(H2,19,20,24). The number of hydrogen-bond acceptors (Lipinski definition) is 4. The number of pyridine rings is 1. The van der Waals surface area contributed by atoms with E-state index in [1.165, 1.54) is 0 Å². The molecule has 1 aliphatic carbocycles. The summed E-state index contributed by atoms with van der Waals surface area (Å²) in [6.45, 7) is 4.74. The van der Waals surface area contributed by atoms with Crippen LogP contribution in [-0.2, 0) is 4.79 Å². The summed E-state index contributed by atoms with van der Waals surface area (Å²) >= 11 is 0. The molecule has 1 aromatic heterocycles. The van der Waals surface area contributed by atoms with Crippen molar-refractivity contribution >= 4 is 12.0 Å². The molecule has 0 aliphatic heterocycles. The molecule has 3 N–H and O–H groups in total. The van der Waals surface area contributed by atoms with Crippen molar-refractivity contribution in [3.05, 3.63) is 30.1 Å². The van der Waals surface area contributed by atoms with Crippen LogP contribution in [0.4, 0.5) is 4.79 Å². The molecule has 0 saturated heterocycles. The summed E-state index contributed by atoms with van der Waals surface area (Å²) in [6.07, 6.45) is 5.82. The van der Waals surface area contributed by atoms with E-state index < -0.39 is 5.97 Å². The van der Waals surface area contributed by atoms with Crippen LogP contribution in [-0.4, -0.2) is 52.2 Å². The van der Waals surface area contributed by atoms with Gasteiger partial charge in [-0.25, -0.2) is 4.79 Å². The van der Waals surface area contributed by atoms with E-state index in [9.17, 15) is 9.59 Å². The zero-order valence-corrected chi connectivity index (χ0v) is 14.2. The van der Waals surface area contributed by atoms with E-state index in [0.717, 1.165) is 24.8 Å². The van der Waals surface area contributed by atoms with E-state index in [2.05, 4.69) is 15.6 Å². The number of amides is 2. The van der Waals surface area contributed by atoms with Gasteiger partial charge in [0.2, 0.25) is 0 Å². The Hall–Kier alpha value is -2.15. The molecule has 2 amide bonds. The first-order valence-electron chi connectivity index (χ1n) is 8.46. The molecule has 0 bridgehead atoms. The van der Waals surface area contributed by atoms with Gasteiger partial charge in [-0.15, -0.1) is 0 Å². The molecule has 1 fully saturated rings. The summed E-state index contributed by atoms with van der Waals surface area (Å²) < 4.78 is 0. The van der Waals surface area contributed by atoms with Gasteiger partial charge in [0.1, 0.15) is 0 Å². The molecule has 132 valence electrons. The third kappa shape index (κ3) is 4.92. The summed E-state index contributed by atoms with van der Waals surface area (Å²) in [5.41, 5.74) is 1.03. The molecule has 1 atom stereocenters. The highest BCUT2D eigenvalue weighted by molar-refractivity contribution is 5.75. The van der Waals surface area contributed by atoms with Crippen LogP contribution in [0, 0.1) is 0 Å². The molecule has 1 saturated carbocycles. The first kappa shape index (κ1) is 18.2. The monoisotopic (exact) mass is 334 g/mol. The highest BCUT2D eigenvalue weighted by Gasteiger charge is 2.34. The second-order valence-electron chi connectivity index (χ2n) is 6.14. The maximum Gasteiger partial charge on any atom is 0.317 e. The normalized spacial score (nSPS) is 21.0. The lowest BCUT2D eigenvalue weighted by Gasteiger charge is -2.42. The van der Waals surface area contributed by atoms with Gasteiger partial charge in [0.15, 0.2) is 0 Å². The number of aliphatic carboxylic acids is 1. The van der Waals surface area contributed by atoms with E-state index in [1.54, 1.807) is 12.4 Å². The molecular formula is C17H26N4O3. The predicted molar refractivity (Wildman–Crippen MR) is 90.6 cm³/mol. The average molecular weight is 334 g/mol. The van der Waals surface area contributed by atoms with Gasteiger partial charge in [0.05, 0.1) is 12.6 Å². The lowest BCUT2D eigenvalue weighted by molar-refractivity contribution is -0.139. The van der Waals surface area contributed by atoms with Gasteiger partial charge in [0, 0.05) is 24.5 Å². The Bertz CT molecular complexity index is 546. The summed E-state index contributed by atoms with van der Waals surface area (Å²) in [6, 6.07) is 3.93. The number of urea groups is 1. The van der Waals surface area contributed by atoms with E-state index in [1.807, 2.05) is 30.9 Å².